The number of nitrogens with two attached hydrogens (primary N) is 1. The fourth-order valence-electron chi connectivity index (χ4n) is 5.73. The van der Waals surface area contributed by atoms with E-state index in [2.05, 4.69) is 27.0 Å². The minimum absolute atomic E-state index is 0.313. The lowest BCUT2D eigenvalue weighted by atomic mass is 9.65. The van der Waals surface area contributed by atoms with Crippen molar-refractivity contribution in [1.82, 2.24) is 19.8 Å². The molecular weight excluding hydrogens is 494 g/mol. The quantitative estimate of drug-likeness (QED) is 0.399. The highest BCUT2D eigenvalue weighted by Crippen LogP contribution is 2.46. The second-order valence-corrected chi connectivity index (χ2v) is 10.2. The number of hydrogen-bond acceptors (Lipinski definition) is 7. The molecule has 2 aliphatic rings. The number of carbonyl (C=O) groups excluding carboxylic acids is 2. The monoisotopic (exact) mass is 523 g/mol. The molecule has 1 spiro atoms. The number of hydrogen-bond donors (Lipinski definition) is 1. The van der Waals surface area contributed by atoms with Crippen LogP contribution in [-0.2, 0) is 11.3 Å². The molecule has 2 fully saturated rings. The lowest BCUT2D eigenvalue weighted by molar-refractivity contribution is -0.146. The van der Waals surface area contributed by atoms with Crippen LogP contribution >= 0.6 is 0 Å². The normalized spacial score (nSPS) is 18.5. The molecule has 2 aromatic carbocycles. The summed E-state index contributed by atoms with van der Waals surface area (Å²) in [5.74, 6) is 1.39. The predicted octanol–water partition coefficient (Wildman–Crippen LogP) is 4.37. The number of piperidine rings is 1. The van der Waals surface area contributed by atoms with Crippen LogP contribution in [0.4, 0.5) is 4.79 Å². The zero-order chi connectivity index (χ0) is 26.8. The van der Waals surface area contributed by atoms with Crippen LogP contribution in [0.2, 0.25) is 0 Å². The number of carbonyl (C=O) groups is 2. The summed E-state index contributed by atoms with van der Waals surface area (Å²) in [5, 5.41) is 1.03. The molecule has 2 saturated heterocycles. The maximum Gasteiger partial charge on any atom is 0.416 e. The lowest BCUT2D eigenvalue weighted by Gasteiger charge is -2.58. The van der Waals surface area contributed by atoms with E-state index in [-0.39, 0.29) is 5.41 Å². The summed E-state index contributed by atoms with van der Waals surface area (Å²) in [7, 11) is 0. The summed E-state index contributed by atoms with van der Waals surface area (Å²) < 4.78 is 11.5. The second-order valence-electron chi connectivity index (χ2n) is 10.2. The Bertz CT molecular complexity index is 1500. The molecule has 2 amide bonds. The SMILES string of the molecule is NC(=O)C1N(C(=O)Oc2cccnc2)CC12CCN(Cc1cccc(Oc3ccc4ncccc4c3)c1)CC2. The van der Waals surface area contributed by atoms with Crippen molar-refractivity contribution in [3.63, 3.8) is 0 Å². The molecule has 9 nitrogen and oxygen atoms in total. The summed E-state index contributed by atoms with van der Waals surface area (Å²) in [6, 6.07) is 20.6. The second kappa shape index (κ2) is 10.3. The number of amides is 2. The molecule has 0 aliphatic carbocycles. The molecule has 1 unspecified atom stereocenters. The summed E-state index contributed by atoms with van der Waals surface area (Å²) >= 11 is 0. The number of fused-ring (bicyclic) bond motifs is 1. The van der Waals surface area contributed by atoms with Gasteiger partial charge >= 0.3 is 6.09 Å². The highest BCUT2D eigenvalue weighted by molar-refractivity contribution is 5.88. The highest BCUT2D eigenvalue weighted by atomic mass is 16.6. The summed E-state index contributed by atoms with van der Waals surface area (Å²) in [6.07, 6.45) is 5.82. The first kappa shape index (κ1) is 24.8. The number of ether oxygens (including phenoxy) is 2. The maximum absolute atomic E-state index is 12.7. The molecule has 2 N–H and O–H groups in total. The first-order valence-electron chi connectivity index (χ1n) is 13.0. The Labute approximate surface area is 226 Å². The van der Waals surface area contributed by atoms with Gasteiger partial charge in [-0.1, -0.05) is 18.2 Å². The topological polar surface area (TPSA) is 111 Å². The van der Waals surface area contributed by atoms with Gasteiger partial charge in [0.05, 0.1) is 11.7 Å². The van der Waals surface area contributed by atoms with Crippen LogP contribution in [0, 0.1) is 5.41 Å². The minimum atomic E-state index is -0.669. The molecule has 2 aromatic heterocycles. The van der Waals surface area contributed by atoms with Crippen molar-refractivity contribution in [3.8, 4) is 17.2 Å². The third kappa shape index (κ3) is 5.13. The molecule has 2 aliphatic heterocycles. The maximum atomic E-state index is 12.7. The zero-order valence-corrected chi connectivity index (χ0v) is 21.4. The Balaban J connectivity index is 1.06. The first-order chi connectivity index (χ1) is 19.0. The average Bonchev–Trinajstić information content (AvgIpc) is 2.93. The van der Waals surface area contributed by atoms with Crippen LogP contribution < -0.4 is 15.2 Å². The Morgan fingerprint density at radius 1 is 0.949 bits per heavy atom. The highest BCUT2D eigenvalue weighted by Gasteiger charge is 2.58. The van der Waals surface area contributed by atoms with Gasteiger partial charge in [0.1, 0.15) is 17.5 Å². The van der Waals surface area contributed by atoms with Gasteiger partial charge in [0.2, 0.25) is 5.91 Å². The number of rotatable bonds is 6. The third-order valence-electron chi connectivity index (χ3n) is 7.69. The van der Waals surface area contributed by atoms with Crippen molar-refractivity contribution < 1.29 is 19.1 Å². The van der Waals surface area contributed by atoms with Gasteiger partial charge in [0.15, 0.2) is 5.75 Å². The molecule has 39 heavy (non-hydrogen) atoms. The van der Waals surface area contributed by atoms with E-state index in [4.69, 9.17) is 15.2 Å². The van der Waals surface area contributed by atoms with E-state index in [1.165, 1.54) is 11.1 Å². The Hall–Kier alpha value is -4.50. The summed E-state index contributed by atoms with van der Waals surface area (Å²) in [6.45, 7) is 2.83. The van der Waals surface area contributed by atoms with Gasteiger partial charge in [-0.3, -0.25) is 24.6 Å². The van der Waals surface area contributed by atoms with Gasteiger partial charge in [0.25, 0.3) is 0 Å². The van der Waals surface area contributed by atoms with E-state index in [1.807, 2.05) is 42.5 Å². The first-order valence-corrected chi connectivity index (χ1v) is 13.0. The number of pyridine rings is 2. The smallest absolute Gasteiger partial charge is 0.416 e. The Kier molecular flexibility index (Phi) is 6.58. The molecular formula is C30H29N5O4. The number of aromatic nitrogens is 2. The van der Waals surface area contributed by atoms with E-state index in [1.54, 1.807) is 24.5 Å². The van der Waals surface area contributed by atoms with E-state index < -0.39 is 18.0 Å². The van der Waals surface area contributed by atoms with Gasteiger partial charge in [-0.05, 0) is 80.0 Å². The Morgan fingerprint density at radius 3 is 2.54 bits per heavy atom. The van der Waals surface area contributed by atoms with E-state index in [0.29, 0.717) is 12.3 Å². The largest absolute Gasteiger partial charge is 0.457 e. The molecule has 1 atom stereocenters. The van der Waals surface area contributed by atoms with E-state index >= 15 is 0 Å². The Morgan fingerprint density at radius 2 is 1.74 bits per heavy atom. The number of primary amides is 1. The molecule has 4 heterocycles. The van der Waals surface area contributed by atoms with Crippen molar-refractivity contribution >= 4 is 22.9 Å². The lowest BCUT2D eigenvalue weighted by Crippen LogP contribution is -2.73. The van der Waals surface area contributed by atoms with Crippen molar-refractivity contribution in [2.24, 2.45) is 11.1 Å². The molecule has 0 radical (unpaired) electrons. The molecule has 4 aromatic rings. The van der Waals surface area contributed by atoms with Crippen molar-refractivity contribution in [2.75, 3.05) is 19.6 Å². The van der Waals surface area contributed by atoms with Crippen LogP contribution in [0.3, 0.4) is 0 Å². The van der Waals surface area contributed by atoms with Crippen LogP contribution in [0.15, 0.2) is 85.3 Å². The molecule has 0 saturated carbocycles. The zero-order valence-electron chi connectivity index (χ0n) is 21.4. The van der Waals surface area contributed by atoms with Crippen molar-refractivity contribution in [3.05, 3.63) is 90.9 Å². The van der Waals surface area contributed by atoms with Crippen molar-refractivity contribution in [2.45, 2.75) is 25.4 Å². The average molecular weight is 524 g/mol. The molecule has 9 heteroatoms. The summed E-state index contributed by atoms with van der Waals surface area (Å²) in [4.78, 5) is 37.2. The standard InChI is InChI=1S/C30H29N5O4/c31-28(36)27-30(20-35(27)29(37)39-25-7-3-12-32-18-25)10-14-34(15-11-30)19-21-4-1-6-23(16-21)38-24-8-9-26-22(17-24)5-2-13-33-26/h1-9,12-13,16-18,27H,10-11,14-15,19-20H2,(H2,31,36). The van der Waals surface area contributed by atoms with Crippen LogP contribution in [0.1, 0.15) is 18.4 Å². The van der Waals surface area contributed by atoms with E-state index in [9.17, 15) is 9.59 Å². The fraction of sp³-hybridized carbons (Fsp3) is 0.267. The number of likely N-dealkylation sites (tertiary alicyclic amines) is 2. The molecule has 6 rings (SSSR count). The number of nitrogens with zero attached hydrogens (tertiary/aromatic N) is 4. The van der Waals surface area contributed by atoms with Crippen LogP contribution in [0.5, 0.6) is 17.2 Å². The van der Waals surface area contributed by atoms with Gasteiger partial charge in [-0.25, -0.2) is 4.79 Å². The van der Waals surface area contributed by atoms with Gasteiger partial charge in [-0.15, -0.1) is 0 Å². The van der Waals surface area contributed by atoms with Crippen LogP contribution in [0.25, 0.3) is 10.9 Å². The minimum Gasteiger partial charge on any atom is -0.457 e. The van der Waals surface area contributed by atoms with E-state index in [0.717, 1.165) is 60.4 Å². The van der Waals surface area contributed by atoms with Gasteiger partial charge < -0.3 is 15.2 Å². The van der Waals surface area contributed by atoms with Crippen LogP contribution in [-0.4, -0.2) is 57.4 Å². The third-order valence-corrected chi connectivity index (χ3v) is 7.69. The molecule has 0 bridgehead atoms. The fourth-order valence-corrected chi connectivity index (χ4v) is 5.73. The molecule has 198 valence electrons. The number of benzene rings is 2. The van der Waals surface area contributed by atoms with Gasteiger partial charge in [0, 0.05) is 36.3 Å². The summed E-state index contributed by atoms with van der Waals surface area (Å²) in [5.41, 5.74) is 7.53. The van der Waals surface area contributed by atoms with Crippen molar-refractivity contribution in [1.29, 1.82) is 0 Å². The van der Waals surface area contributed by atoms with Gasteiger partial charge in [-0.2, -0.15) is 0 Å². The predicted molar refractivity (Wildman–Crippen MR) is 145 cm³/mol.